The lowest BCUT2D eigenvalue weighted by Crippen LogP contribution is -2.33. The number of benzene rings is 1. The van der Waals surface area contributed by atoms with Crippen molar-refractivity contribution in [2.45, 2.75) is 27.2 Å². The van der Waals surface area contributed by atoms with Gasteiger partial charge in [-0.15, -0.1) is 0 Å². The van der Waals surface area contributed by atoms with Gasteiger partial charge in [-0.05, 0) is 32.4 Å². The Balaban J connectivity index is 2.42. The fraction of sp³-hybridized carbons (Fsp3) is 0.438. The average Bonchev–Trinajstić information content (AvgIpc) is 2.80. The van der Waals surface area contributed by atoms with Crippen molar-refractivity contribution in [1.29, 1.82) is 0 Å². The fourth-order valence-electron chi connectivity index (χ4n) is 2.50. The summed E-state index contributed by atoms with van der Waals surface area (Å²) in [4.78, 5) is 11.7. The highest BCUT2D eigenvalue weighted by Gasteiger charge is 2.14. The van der Waals surface area contributed by atoms with Gasteiger partial charge in [-0.1, -0.05) is 18.2 Å². The number of nitrogens with zero attached hydrogens (tertiary/aromatic N) is 2. The van der Waals surface area contributed by atoms with Crippen LogP contribution < -0.4 is 5.01 Å². The third-order valence-corrected chi connectivity index (χ3v) is 3.45. The standard InChI is InChI=1S/C16H22N2O2/c1-4-17(5-2)18-12-13(11-16(19)20-6-3)14-9-7-8-10-15(14)18/h7-10,12H,4-6,11H2,1-3H3. The SMILES string of the molecule is CCOC(=O)Cc1cn(N(CC)CC)c2ccccc12. The van der Waals surface area contributed by atoms with E-state index >= 15 is 0 Å². The molecule has 0 spiro atoms. The lowest BCUT2D eigenvalue weighted by atomic mass is 10.1. The number of hydrogen-bond acceptors (Lipinski definition) is 3. The molecular weight excluding hydrogens is 252 g/mol. The number of carbonyl (C=O) groups is 1. The predicted octanol–water partition coefficient (Wildman–Crippen LogP) is 2.72. The van der Waals surface area contributed by atoms with Crippen molar-refractivity contribution in [3.63, 3.8) is 0 Å². The Bertz CT molecular complexity index is 585. The van der Waals surface area contributed by atoms with Crippen LogP contribution in [0.4, 0.5) is 0 Å². The van der Waals surface area contributed by atoms with E-state index in [9.17, 15) is 4.79 Å². The molecule has 0 aliphatic heterocycles. The van der Waals surface area contributed by atoms with Gasteiger partial charge >= 0.3 is 5.97 Å². The van der Waals surface area contributed by atoms with Crippen LogP contribution in [0, 0.1) is 0 Å². The molecule has 0 unspecified atom stereocenters. The zero-order valence-corrected chi connectivity index (χ0v) is 12.4. The molecule has 4 heteroatoms. The molecular formula is C16H22N2O2. The van der Waals surface area contributed by atoms with Gasteiger partial charge in [-0.25, -0.2) is 0 Å². The van der Waals surface area contributed by atoms with Gasteiger partial charge in [-0.3, -0.25) is 9.47 Å². The Kier molecular flexibility index (Phi) is 4.66. The lowest BCUT2D eigenvalue weighted by molar-refractivity contribution is -0.142. The van der Waals surface area contributed by atoms with Crippen molar-refractivity contribution in [2.24, 2.45) is 0 Å². The molecule has 2 aromatic rings. The maximum Gasteiger partial charge on any atom is 0.310 e. The predicted molar refractivity (Wildman–Crippen MR) is 81.6 cm³/mol. The highest BCUT2D eigenvalue weighted by Crippen LogP contribution is 2.22. The fourth-order valence-corrected chi connectivity index (χ4v) is 2.50. The number of esters is 1. The molecule has 1 heterocycles. The zero-order chi connectivity index (χ0) is 14.5. The van der Waals surface area contributed by atoms with Crippen LogP contribution in [0.25, 0.3) is 10.9 Å². The minimum atomic E-state index is -0.171. The third-order valence-electron chi connectivity index (χ3n) is 3.45. The molecule has 1 aromatic heterocycles. The summed E-state index contributed by atoms with van der Waals surface area (Å²) in [5.74, 6) is -0.171. The van der Waals surface area contributed by atoms with Crippen molar-refractivity contribution < 1.29 is 9.53 Å². The first-order valence-electron chi connectivity index (χ1n) is 7.21. The van der Waals surface area contributed by atoms with Crippen LogP contribution >= 0.6 is 0 Å². The van der Waals surface area contributed by atoms with E-state index in [1.54, 1.807) is 0 Å². The van der Waals surface area contributed by atoms with Gasteiger partial charge in [0.25, 0.3) is 0 Å². The first kappa shape index (κ1) is 14.4. The Morgan fingerprint density at radius 2 is 1.90 bits per heavy atom. The average molecular weight is 274 g/mol. The van der Waals surface area contributed by atoms with Crippen LogP contribution in [0.15, 0.2) is 30.5 Å². The smallest absolute Gasteiger partial charge is 0.310 e. The van der Waals surface area contributed by atoms with Crippen LogP contribution in [-0.4, -0.2) is 30.3 Å². The summed E-state index contributed by atoms with van der Waals surface area (Å²) in [5.41, 5.74) is 2.15. The van der Waals surface area contributed by atoms with Gasteiger partial charge in [-0.2, -0.15) is 0 Å². The maximum atomic E-state index is 11.7. The van der Waals surface area contributed by atoms with E-state index in [-0.39, 0.29) is 5.97 Å². The molecule has 20 heavy (non-hydrogen) atoms. The quantitative estimate of drug-likeness (QED) is 0.760. The van der Waals surface area contributed by atoms with Crippen LogP contribution in [0.1, 0.15) is 26.3 Å². The van der Waals surface area contributed by atoms with Crippen molar-refractivity contribution in [1.82, 2.24) is 4.68 Å². The number of hydrogen-bond donors (Lipinski definition) is 0. The topological polar surface area (TPSA) is 34.5 Å². The van der Waals surface area contributed by atoms with E-state index in [0.29, 0.717) is 13.0 Å². The summed E-state index contributed by atoms with van der Waals surface area (Å²) in [5, 5.41) is 3.35. The second-order valence-corrected chi connectivity index (χ2v) is 4.64. The Labute approximate surface area is 119 Å². The molecule has 1 aromatic carbocycles. The van der Waals surface area contributed by atoms with E-state index in [0.717, 1.165) is 29.6 Å². The van der Waals surface area contributed by atoms with E-state index in [1.807, 2.05) is 19.1 Å². The molecule has 108 valence electrons. The van der Waals surface area contributed by atoms with Crippen LogP contribution in [0.3, 0.4) is 0 Å². The summed E-state index contributed by atoms with van der Waals surface area (Å²) < 4.78 is 7.20. The minimum absolute atomic E-state index is 0.171. The molecule has 0 radical (unpaired) electrons. The first-order valence-corrected chi connectivity index (χ1v) is 7.21. The zero-order valence-electron chi connectivity index (χ0n) is 12.4. The minimum Gasteiger partial charge on any atom is -0.466 e. The van der Waals surface area contributed by atoms with Crippen molar-refractivity contribution in [3.05, 3.63) is 36.0 Å². The van der Waals surface area contributed by atoms with E-state index in [4.69, 9.17) is 4.74 Å². The van der Waals surface area contributed by atoms with Gasteiger partial charge in [0, 0.05) is 24.7 Å². The largest absolute Gasteiger partial charge is 0.466 e. The number of para-hydroxylation sites is 1. The molecule has 0 atom stereocenters. The van der Waals surface area contributed by atoms with Crippen molar-refractivity contribution in [3.8, 4) is 0 Å². The number of rotatable bonds is 6. The van der Waals surface area contributed by atoms with Gasteiger partial charge < -0.3 is 9.75 Å². The monoisotopic (exact) mass is 274 g/mol. The number of carbonyl (C=O) groups excluding carboxylic acids is 1. The normalized spacial score (nSPS) is 10.8. The van der Waals surface area contributed by atoms with Crippen LogP contribution in [-0.2, 0) is 16.0 Å². The first-order chi connectivity index (χ1) is 9.71. The van der Waals surface area contributed by atoms with E-state index < -0.39 is 0 Å². The van der Waals surface area contributed by atoms with E-state index in [2.05, 4.69) is 41.9 Å². The molecule has 0 N–H and O–H groups in total. The van der Waals surface area contributed by atoms with Crippen LogP contribution in [0.5, 0.6) is 0 Å². The van der Waals surface area contributed by atoms with E-state index in [1.165, 1.54) is 0 Å². The lowest BCUT2D eigenvalue weighted by Gasteiger charge is -2.23. The summed E-state index contributed by atoms with van der Waals surface area (Å²) in [6.45, 7) is 8.36. The summed E-state index contributed by atoms with van der Waals surface area (Å²) >= 11 is 0. The van der Waals surface area contributed by atoms with Crippen molar-refractivity contribution in [2.75, 3.05) is 24.7 Å². The highest BCUT2D eigenvalue weighted by molar-refractivity contribution is 5.88. The molecule has 0 bridgehead atoms. The molecule has 0 saturated heterocycles. The second kappa shape index (κ2) is 6.46. The van der Waals surface area contributed by atoms with Gasteiger partial charge in [0.15, 0.2) is 0 Å². The summed E-state index contributed by atoms with van der Waals surface area (Å²) in [6, 6.07) is 8.17. The number of ether oxygens (including phenoxy) is 1. The molecule has 0 aliphatic rings. The van der Waals surface area contributed by atoms with Crippen LogP contribution in [0.2, 0.25) is 0 Å². The summed E-state index contributed by atoms with van der Waals surface area (Å²) in [7, 11) is 0. The molecule has 0 saturated carbocycles. The van der Waals surface area contributed by atoms with Gasteiger partial charge in [0.1, 0.15) is 0 Å². The molecule has 0 fully saturated rings. The maximum absolute atomic E-state index is 11.7. The number of aromatic nitrogens is 1. The Hall–Kier alpha value is -1.97. The summed E-state index contributed by atoms with van der Waals surface area (Å²) in [6.07, 6.45) is 2.37. The third kappa shape index (κ3) is 2.79. The second-order valence-electron chi connectivity index (χ2n) is 4.64. The van der Waals surface area contributed by atoms with Gasteiger partial charge in [0.2, 0.25) is 0 Å². The molecule has 0 amide bonds. The molecule has 0 aliphatic carbocycles. The molecule has 4 nitrogen and oxygen atoms in total. The van der Waals surface area contributed by atoms with Crippen molar-refractivity contribution >= 4 is 16.9 Å². The molecule has 2 rings (SSSR count). The Morgan fingerprint density at radius 3 is 2.55 bits per heavy atom. The Morgan fingerprint density at radius 1 is 1.20 bits per heavy atom. The highest BCUT2D eigenvalue weighted by atomic mass is 16.5. The number of fused-ring (bicyclic) bond motifs is 1. The van der Waals surface area contributed by atoms with Gasteiger partial charge in [0.05, 0.1) is 18.5 Å².